The maximum absolute atomic E-state index is 12.3. The molecule has 0 unspecified atom stereocenters. The van der Waals surface area contributed by atoms with Crippen molar-refractivity contribution in [3.8, 4) is 0 Å². The molecular formula is C15H27N5O. The minimum Gasteiger partial charge on any atom is -0.338 e. The average Bonchev–Trinajstić information content (AvgIpc) is 2.99. The average molecular weight is 293 g/mol. The van der Waals surface area contributed by atoms with E-state index in [4.69, 9.17) is 0 Å². The third-order valence-electron chi connectivity index (χ3n) is 4.17. The van der Waals surface area contributed by atoms with Gasteiger partial charge in [-0.1, -0.05) is 12.1 Å². The van der Waals surface area contributed by atoms with Crippen LogP contribution in [0.25, 0.3) is 0 Å². The molecular weight excluding hydrogens is 266 g/mol. The van der Waals surface area contributed by atoms with Crippen molar-refractivity contribution in [2.24, 2.45) is 0 Å². The first-order chi connectivity index (χ1) is 10.2. The molecule has 0 saturated carbocycles. The van der Waals surface area contributed by atoms with Crippen molar-refractivity contribution in [2.45, 2.75) is 46.1 Å². The second-order valence-corrected chi connectivity index (χ2v) is 5.66. The molecule has 1 aliphatic heterocycles. The molecule has 1 fully saturated rings. The fourth-order valence-corrected chi connectivity index (χ4v) is 2.99. The quantitative estimate of drug-likeness (QED) is 0.802. The van der Waals surface area contributed by atoms with E-state index in [1.807, 2.05) is 24.7 Å². The fraction of sp³-hybridized carbons (Fsp3) is 0.800. The predicted octanol–water partition coefficient (Wildman–Crippen LogP) is 1.81. The fourth-order valence-electron chi connectivity index (χ4n) is 2.99. The summed E-state index contributed by atoms with van der Waals surface area (Å²) in [4.78, 5) is 16.5. The lowest BCUT2D eigenvalue weighted by Gasteiger charge is -2.32. The molecule has 1 amide bonds. The number of carbonyl (C=O) groups is 1. The van der Waals surface area contributed by atoms with Crippen LogP contribution in [0.4, 0.5) is 0 Å². The zero-order valence-corrected chi connectivity index (χ0v) is 13.5. The van der Waals surface area contributed by atoms with Gasteiger partial charge in [0.05, 0.1) is 12.2 Å². The Morgan fingerprint density at radius 1 is 1.38 bits per heavy atom. The summed E-state index contributed by atoms with van der Waals surface area (Å²) < 4.78 is 1.89. The van der Waals surface area contributed by atoms with Gasteiger partial charge >= 0.3 is 0 Å². The number of nitrogens with zero attached hydrogens (tertiary/aromatic N) is 5. The van der Waals surface area contributed by atoms with Gasteiger partial charge in [0.15, 0.2) is 5.69 Å². The Balaban J connectivity index is 2.03. The highest BCUT2D eigenvalue weighted by Gasteiger charge is 2.23. The molecule has 6 nitrogen and oxygen atoms in total. The van der Waals surface area contributed by atoms with Crippen molar-refractivity contribution in [3.63, 3.8) is 0 Å². The van der Waals surface area contributed by atoms with Gasteiger partial charge in [-0.2, -0.15) is 0 Å². The Morgan fingerprint density at radius 3 is 2.81 bits per heavy atom. The number of aromatic nitrogens is 3. The number of likely N-dealkylation sites (tertiary alicyclic amines) is 1. The largest absolute Gasteiger partial charge is 0.338 e. The molecule has 1 aromatic rings. The van der Waals surface area contributed by atoms with E-state index in [9.17, 15) is 4.79 Å². The SMILES string of the molecule is CCCN1CCC[C@H](n2cc(C(=O)N(CC)CC)nn2)C1. The van der Waals surface area contributed by atoms with Crippen molar-refractivity contribution in [2.75, 3.05) is 32.7 Å². The van der Waals surface area contributed by atoms with E-state index < -0.39 is 0 Å². The Bertz CT molecular complexity index is 453. The van der Waals surface area contributed by atoms with Crippen LogP contribution in [-0.2, 0) is 0 Å². The minimum absolute atomic E-state index is 0.0209. The van der Waals surface area contributed by atoms with Crippen LogP contribution in [-0.4, -0.2) is 63.4 Å². The Labute approximate surface area is 127 Å². The zero-order chi connectivity index (χ0) is 15.2. The van der Waals surface area contributed by atoms with Crippen molar-refractivity contribution in [1.82, 2.24) is 24.8 Å². The van der Waals surface area contributed by atoms with E-state index in [1.165, 1.54) is 19.4 Å². The molecule has 1 atom stereocenters. The maximum Gasteiger partial charge on any atom is 0.276 e. The standard InChI is InChI=1S/C15H27N5O/c1-4-9-18-10-7-8-13(11-18)20-12-14(16-17-20)15(21)19(5-2)6-3/h12-13H,4-11H2,1-3H3/t13-/m0/s1. The van der Waals surface area contributed by atoms with Crippen molar-refractivity contribution in [1.29, 1.82) is 0 Å². The first-order valence-corrected chi connectivity index (χ1v) is 8.13. The summed E-state index contributed by atoms with van der Waals surface area (Å²) in [6.45, 7) is 10.9. The molecule has 1 aliphatic rings. The summed E-state index contributed by atoms with van der Waals surface area (Å²) in [7, 11) is 0. The molecule has 0 radical (unpaired) electrons. The lowest BCUT2D eigenvalue weighted by Crippen LogP contribution is -2.37. The third kappa shape index (κ3) is 3.81. The summed E-state index contributed by atoms with van der Waals surface area (Å²) in [5.74, 6) is -0.0209. The van der Waals surface area contributed by atoms with E-state index >= 15 is 0 Å². The summed E-state index contributed by atoms with van der Waals surface area (Å²) in [6.07, 6.45) is 5.29. The molecule has 1 saturated heterocycles. The van der Waals surface area contributed by atoms with E-state index in [-0.39, 0.29) is 5.91 Å². The molecule has 2 heterocycles. The normalized spacial score (nSPS) is 19.7. The molecule has 0 bridgehead atoms. The van der Waals surface area contributed by atoms with Crippen molar-refractivity contribution >= 4 is 5.91 Å². The predicted molar refractivity (Wildman–Crippen MR) is 82.3 cm³/mol. The monoisotopic (exact) mass is 293 g/mol. The first kappa shape index (κ1) is 15.9. The van der Waals surface area contributed by atoms with Gasteiger partial charge in [-0.05, 0) is 46.2 Å². The minimum atomic E-state index is -0.0209. The Hall–Kier alpha value is -1.43. The second-order valence-electron chi connectivity index (χ2n) is 5.66. The molecule has 2 rings (SSSR count). The van der Waals surface area contributed by atoms with Crippen LogP contribution >= 0.6 is 0 Å². The van der Waals surface area contributed by atoms with Gasteiger partial charge in [-0.3, -0.25) is 4.79 Å². The van der Waals surface area contributed by atoms with Gasteiger partial charge in [-0.25, -0.2) is 4.68 Å². The van der Waals surface area contributed by atoms with Crippen LogP contribution in [0.15, 0.2) is 6.20 Å². The van der Waals surface area contributed by atoms with Gasteiger partial charge in [0, 0.05) is 19.6 Å². The number of hydrogen-bond donors (Lipinski definition) is 0. The Morgan fingerprint density at radius 2 is 2.14 bits per heavy atom. The molecule has 0 aliphatic carbocycles. The molecule has 0 spiro atoms. The van der Waals surface area contributed by atoms with Crippen molar-refractivity contribution < 1.29 is 4.79 Å². The van der Waals surface area contributed by atoms with E-state index in [2.05, 4.69) is 22.1 Å². The number of amides is 1. The highest BCUT2D eigenvalue weighted by Crippen LogP contribution is 2.21. The number of hydrogen-bond acceptors (Lipinski definition) is 4. The van der Waals surface area contributed by atoms with E-state index in [1.54, 1.807) is 4.90 Å². The van der Waals surface area contributed by atoms with Crippen LogP contribution in [0.2, 0.25) is 0 Å². The van der Waals surface area contributed by atoms with Crippen molar-refractivity contribution in [3.05, 3.63) is 11.9 Å². The highest BCUT2D eigenvalue weighted by atomic mass is 16.2. The smallest absolute Gasteiger partial charge is 0.276 e. The van der Waals surface area contributed by atoms with Crippen LogP contribution in [0, 0.1) is 0 Å². The van der Waals surface area contributed by atoms with Crippen LogP contribution < -0.4 is 0 Å². The van der Waals surface area contributed by atoms with Crippen LogP contribution in [0.5, 0.6) is 0 Å². The number of carbonyl (C=O) groups excluding carboxylic acids is 1. The van der Waals surface area contributed by atoms with Gasteiger partial charge < -0.3 is 9.80 Å². The molecule has 6 heteroatoms. The molecule has 0 aromatic carbocycles. The second kappa shape index (κ2) is 7.54. The van der Waals surface area contributed by atoms with Crippen LogP contribution in [0.1, 0.15) is 56.6 Å². The topological polar surface area (TPSA) is 54.3 Å². The molecule has 0 N–H and O–H groups in total. The van der Waals surface area contributed by atoms with Gasteiger partial charge in [-0.15, -0.1) is 5.10 Å². The van der Waals surface area contributed by atoms with Gasteiger partial charge in [0.2, 0.25) is 0 Å². The van der Waals surface area contributed by atoms with E-state index in [0.717, 1.165) is 19.5 Å². The molecule has 1 aromatic heterocycles. The maximum atomic E-state index is 12.3. The zero-order valence-electron chi connectivity index (χ0n) is 13.5. The summed E-state index contributed by atoms with van der Waals surface area (Å²) in [5.41, 5.74) is 0.464. The summed E-state index contributed by atoms with van der Waals surface area (Å²) in [6, 6.07) is 0.344. The van der Waals surface area contributed by atoms with Crippen LogP contribution in [0.3, 0.4) is 0 Å². The summed E-state index contributed by atoms with van der Waals surface area (Å²) >= 11 is 0. The lowest BCUT2D eigenvalue weighted by molar-refractivity contribution is 0.0767. The van der Waals surface area contributed by atoms with Gasteiger partial charge in [0.1, 0.15) is 0 Å². The lowest BCUT2D eigenvalue weighted by atomic mass is 10.1. The first-order valence-electron chi connectivity index (χ1n) is 8.13. The van der Waals surface area contributed by atoms with E-state index in [0.29, 0.717) is 24.8 Å². The highest BCUT2D eigenvalue weighted by molar-refractivity contribution is 5.91. The summed E-state index contributed by atoms with van der Waals surface area (Å²) in [5, 5.41) is 8.28. The van der Waals surface area contributed by atoms with Gasteiger partial charge in [0.25, 0.3) is 5.91 Å². The Kier molecular flexibility index (Phi) is 5.73. The number of rotatable bonds is 6. The molecule has 21 heavy (non-hydrogen) atoms. The third-order valence-corrected chi connectivity index (χ3v) is 4.17. The molecule has 118 valence electrons. The number of piperidine rings is 1.